The molecule has 1 saturated heterocycles. The highest BCUT2D eigenvalue weighted by atomic mass is 79.9. The molecular weight excluding hydrogens is 368 g/mol. The summed E-state index contributed by atoms with van der Waals surface area (Å²) < 4.78 is 2.02. The van der Waals surface area contributed by atoms with Gasteiger partial charge in [0.15, 0.2) is 4.34 Å². The number of amides is 1. The molecule has 1 aliphatic rings. The molecule has 0 unspecified atom stereocenters. The minimum Gasteiger partial charge on any atom is -0.342 e. The smallest absolute Gasteiger partial charge is 0.233 e. The van der Waals surface area contributed by atoms with Crippen molar-refractivity contribution in [2.75, 3.05) is 18.8 Å². The van der Waals surface area contributed by atoms with E-state index in [9.17, 15) is 4.79 Å². The van der Waals surface area contributed by atoms with E-state index in [2.05, 4.69) is 20.9 Å². The van der Waals surface area contributed by atoms with Gasteiger partial charge in [-0.1, -0.05) is 39.8 Å². The summed E-state index contributed by atoms with van der Waals surface area (Å²) in [5.74, 6) is 0.728. The molecule has 110 valence electrons. The lowest BCUT2D eigenvalue weighted by Gasteiger charge is -2.13. The maximum absolute atomic E-state index is 12.0. The van der Waals surface area contributed by atoms with E-state index in [1.54, 1.807) is 23.1 Å². The van der Waals surface area contributed by atoms with Gasteiger partial charge in [0, 0.05) is 28.5 Å². The SMILES string of the molecule is O=C(CSc1nc(-c2ccc(Br)cc2)cs1)N1CCCC1. The van der Waals surface area contributed by atoms with Crippen LogP contribution in [-0.2, 0) is 4.79 Å². The van der Waals surface area contributed by atoms with Crippen molar-refractivity contribution in [2.45, 2.75) is 17.2 Å². The van der Waals surface area contributed by atoms with E-state index < -0.39 is 0 Å². The number of carbonyl (C=O) groups is 1. The summed E-state index contributed by atoms with van der Waals surface area (Å²) in [6.45, 7) is 1.84. The molecule has 1 aromatic carbocycles. The van der Waals surface area contributed by atoms with Crippen molar-refractivity contribution in [3.63, 3.8) is 0 Å². The van der Waals surface area contributed by atoms with Gasteiger partial charge in [0.2, 0.25) is 5.91 Å². The van der Waals surface area contributed by atoms with Crippen LogP contribution >= 0.6 is 39.0 Å². The average Bonchev–Trinajstić information content (AvgIpc) is 3.17. The lowest BCUT2D eigenvalue weighted by atomic mass is 10.2. The predicted molar refractivity (Wildman–Crippen MR) is 91.8 cm³/mol. The van der Waals surface area contributed by atoms with Gasteiger partial charge in [0.1, 0.15) is 0 Å². The summed E-state index contributed by atoms with van der Waals surface area (Å²) in [5, 5.41) is 2.05. The van der Waals surface area contributed by atoms with Gasteiger partial charge in [-0.05, 0) is 25.0 Å². The van der Waals surface area contributed by atoms with E-state index in [1.165, 1.54) is 0 Å². The summed E-state index contributed by atoms with van der Waals surface area (Å²) in [4.78, 5) is 18.6. The Hall–Kier alpha value is -0.850. The molecule has 0 radical (unpaired) electrons. The number of aromatic nitrogens is 1. The van der Waals surface area contributed by atoms with Crippen LogP contribution in [0.1, 0.15) is 12.8 Å². The first-order valence-corrected chi connectivity index (χ1v) is 9.50. The van der Waals surface area contributed by atoms with Crippen LogP contribution in [-0.4, -0.2) is 34.6 Å². The first-order valence-electron chi connectivity index (χ1n) is 6.84. The Morgan fingerprint density at radius 3 is 2.71 bits per heavy atom. The molecule has 1 aromatic heterocycles. The van der Waals surface area contributed by atoms with Crippen molar-refractivity contribution < 1.29 is 4.79 Å². The normalized spacial score (nSPS) is 14.6. The Morgan fingerprint density at radius 1 is 1.29 bits per heavy atom. The van der Waals surface area contributed by atoms with Gasteiger partial charge < -0.3 is 4.90 Å². The molecule has 0 bridgehead atoms. The molecule has 0 saturated carbocycles. The molecule has 2 aromatic rings. The quantitative estimate of drug-likeness (QED) is 0.739. The molecule has 2 heterocycles. The molecule has 1 fully saturated rings. The van der Waals surface area contributed by atoms with Gasteiger partial charge >= 0.3 is 0 Å². The van der Waals surface area contributed by atoms with Crippen LogP contribution in [0, 0.1) is 0 Å². The van der Waals surface area contributed by atoms with E-state index in [0.717, 1.165) is 46.0 Å². The first-order chi connectivity index (χ1) is 10.2. The fraction of sp³-hybridized carbons (Fsp3) is 0.333. The van der Waals surface area contributed by atoms with E-state index in [4.69, 9.17) is 0 Å². The number of carbonyl (C=O) groups excluding carboxylic acids is 1. The van der Waals surface area contributed by atoms with Gasteiger partial charge in [-0.25, -0.2) is 4.98 Å². The van der Waals surface area contributed by atoms with Gasteiger partial charge in [0.05, 0.1) is 11.4 Å². The van der Waals surface area contributed by atoms with Crippen molar-refractivity contribution in [3.8, 4) is 11.3 Å². The maximum atomic E-state index is 12.0. The number of likely N-dealkylation sites (tertiary alicyclic amines) is 1. The summed E-state index contributed by atoms with van der Waals surface area (Å²) in [6.07, 6.45) is 2.28. The monoisotopic (exact) mass is 382 g/mol. The second-order valence-corrected chi connectivity index (χ2v) is 7.88. The highest BCUT2D eigenvalue weighted by molar-refractivity contribution is 9.10. The number of nitrogens with zero attached hydrogens (tertiary/aromatic N) is 2. The Bertz CT molecular complexity index is 621. The molecule has 6 heteroatoms. The zero-order chi connectivity index (χ0) is 14.7. The van der Waals surface area contributed by atoms with Gasteiger partial charge in [0.25, 0.3) is 0 Å². The van der Waals surface area contributed by atoms with Crippen LogP contribution in [0.4, 0.5) is 0 Å². The third-order valence-corrected chi connectivity index (χ3v) is 5.94. The highest BCUT2D eigenvalue weighted by Crippen LogP contribution is 2.29. The zero-order valence-electron chi connectivity index (χ0n) is 11.4. The molecule has 0 spiro atoms. The summed E-state index contributed by atoms with van der Waals surface area (Å²) >= 11 is 6.58. The Morgan fingerprint density at radius 2 is 2.00 bits per heavy atom. The van der Waals surface area contributed by atoms with Crippen molar-refractivity contribution in [2.24, 2.45) is 0 Å². The fourth-order valence-electron chi connectivity index (χ4n) is 2.26. The molecule has 21 heavy (non-hydrogen) atoms. The molecule has 3 rings (SSSR count). The second-order valence-electron chi connectivity index (χ2n) is 4.88. The van der Waals surface area contributed by atoms with E-state index in [0.29, 0.717) is 5.75 Å². The van der Waals surface area contributed by atoms with Crippen molar-refractivity contribution in [1.82, 2.24) is 9.88 Å². The largest absolute Gasteiger partial charge is 0.342 e. The van der Waals surface area contributed by atoms with Crippen molar-refractivity contribution in [3.05, 3.63) is 34.1 Å². The van der Waals surface area contributed by atoms with E-state index in [1.807, 2.05) is 34.5 Å². The molecule has 3 nitrogen and oxygen atoms in total. The molecule has 1 aliphatic heterocycles. The van der Waals surface area contributed by atoms with Crippen LogP contribution in [0.25, 0.3) is 11.3 Å². The number of rotatable bonds is 4. The average molecular weight is 383 g/mol. The lowest BCUT2D eigenvalue weighted by Crippen LogP contribution is -2.29. The third-order valence-electron chi connectivity index (χ3n) is 3.40. The summed E-state index contributed by atoms with van der Waals surface area (Å²) in [7, 11) is 0. The number of benzene rings is 1. The topological polar surface area (TPSA) is 33.2 Å². The van der Waals surface area contributed by atoms with Crippen LogP contribution < -0.4 is 0 Å². The fourth-order valence-corrected chi connectivity index (χ4v) is 4.26. The second kappa shape index (κ2) is 6.94. The lowest BCUT2D eigenvalue weighted by molar-refractivity contribution is -0.127. The van der Waals surface area contributed by atoms with Crippen molar-refractivity contribution in [1.29, 1.82) is 0 Å². The predicted octanol–water partition coefficient (Wildman–Crippen LogP) is 4.29. The zero-order valence-corrected chi connectivity index (χ0v) is 14.6. The van der Waals surface area contributed by atoms with Crippen LogP contribution in [0.15, 0.2) is 38.5 Å². The first kappa shape index (κ1) is 15.1. The Labute approximate surface area is 140 Å². The summed E-state index contributed by atoms with van der Waals surface area (Å²) in [5.41, 5.74) is 2.08. The van der Waals surface area contributed by atoms with Gasteiger partial charge in [-0.2, -0.15) is 0 Å². The molecule has 1 amide bonds. The number of hydrogen-bond acceptors (Lipinski definition) is 4. The number of thiazole rings is 1. The van der Waals surface area contributed by atoms with Gasteiger partial charge in [-0.3, -0.25) is 4.79 Å². The minimum atomic E-state index is 0.234. The van der Waals surface area contributed by atoms with Crippen LogP contribution in [0.3, 0.4) is 0 Å². The number of halogens is 1. The molecule has 0 atom stereocenters. The minimum absolute atomic E-state index is 0.234. The summed E-state index contributed by atoms with van der Waals surface area (Å²) in [6, 6.07) is 8.11. The van der Waals surface area contributed by atoms with E-state index >= 15 is 0 Å². The maximum Gasteiger partial charge on any atom is 0.233 e. The van der Waals surface area contributed by atoms with Crippen molar-refractivity contribution >= 4 is 44.9 Å². The number of thioether (sulfide) groups is 1. The Kier molecular flexibility index (Phi) is 4.98. The standard InChI is InChI=1S/C15H15BrN2OS2/c16-12-5-3-11(4-6-12)13-9-20-15(17-13)21-10-14(19)18-7-1-2-8-18/h3-6,9H,1-2,7-8,10H2. The molecular formula is C15H15BrN2OS2. The highest BCUT2D eigenvalue weighted by Gasteiger charge is 2.18. The Balaban J connectivity index is 1.60. The van der Waals surface area contributed by atoms with E-state index in [-0.39, 0.29) is 5.91 Å². The van der Waals surface area contributed by atoms with Crippen LogP contribution in [0.5, 0.6) is 0 Å². The van der Waals surface area contributed by atoms with Crippen LogP contribution in [0.2, 0.25) is 0 Å². The molecule has 0 N–H and O–H groups in total. The third kappa shape index (κ3) is 3.87. The number of hydrogen-bond donors (Lipinski definition) is 0. The molecule has 0 aliphatic carbocycles. The van der Waals surface area contributed by atoms with Gasteiger partial charge in [-0.15, -0.1) is 11.3 Å².